The monoisotopic (exact) mass is 374 g/mol. The van der Waals surface area contributed by atoms with Gasteiger partial charge in [0.1, 0.15) is 0 Å². The first-order valence-electron chi connectivity index (χ1n) is 7.83. The normalized spacial score (nSPS) is 22.9. The van der Waals surface area contributed by atoms with Gasteiger partial charge in [0.2, 0.25) is 0 Å². The molecule has 0 aromatic carbocycles. The molecule has 1 aliphatic heterocycles. The molecule has 1 atom stereocenters. The molecule has 0 aliphatic carbocycles. The predicted molar refractivity (Wildman–Crippen MR) is 94.0 cm³/mol. The van der Waals surface area contributed by atoms with Crippen LogP contribution >= 0.6 is 27.3 Å². The quantitative estimate of drug-likeness (QED) is 0.701. The van der Waals surface area contributed by atoms with Crippen LogP contribution in [0.1, 0.15) is 31.7 Å². The Morgan fingerprint density at radius 2 is 2.38 bits per heavy atom. The highest BCUT2D eigenvalue weighted by Gasteiger charge is 2.33. The van der Waals surface area contributed by atoms with Crippen LogP contribution in [0.25, 0.3) is 0 Å². The van der Waals surface area contributed by atoms with Gasteiger partial charge in [-0.15, -0.1) is 11.3 Å². The fourth-order valence-corrected chi connectivity index (χ4v) is 4.33. The molecule has 0 saturated carbocycles. The lowest BCUT2D eigenvalue weighted by Crippen LogP contribution is -2.48. The summed E-state index contributed by atoms with van der Waals surface area (Å²) < 4.78 is 7.01. The highest BCUT2D eigenvalue weighted by atomic mass is 79.9. The van der Waals surface area contributed by atoms with Crippen LogP contribution in [0.2, 0.25) is 0 Å². The van der Waals surface area contributed by atoms with Crippen molar-refractivity contribution in [3.05, 3.63) is 20.8 Å². The van der Waals surface area contributed by atoms with Crippen molar-refractivity contribution in [3.8, 4) is 0 Å². The number of rotatable bonds is 8. The van der Waals surface area contributed by atoms with Gasteiger partial charge in [0.25, 0.3) is 0 Å². The average Bonchev–Trinajstić information content (AvgIpc) is 2.85. The van der Waals surface area contributed by atoms with Gasteiger partial charge in [0.15, 0.2) is 0 Å². The maximum atomic E-state index is 5.80. The summed E-state index contributed by atoms with van der Waals surface area (Å²) in [5, 5.41) is 5.84. The van der Waals surface area contributed by atoms with E-state index in [1.807, 2.05) is 0 Å². The molecule has 1 N–H and O–H groups in total. The fourth-order valence-electron chi connectivity index (χ4n) is 3.13. The summed E-state index contributed by atoms with van der Waals surface area (Å²) in [6, 6.07) is 2.22. The van der Waals surface area contributed by atoms with E-state index < -0.39 is 0 Å². The van der Waals surface area contributed by atoms with E-state index in [9.17, 15) is 0 Å². The lowest BCUT2D eigenvalue weighted by molar-refractivity contribution is -0.0236. The van der Waals surface area contributed by atoms with Crippen LogP contribution < -0.4 is 5.32 Å². The van der Waals surface area contributed by atoms with Crippen molar-refractivity contribution >= 4 is 27.3 Å². The third-order valence-electron chi connectivity index (χ3n) is 4.01. The number of nitrogens with one attached hydrogen (secondary N) is 1. The largest absolute Gasteiger partial charge is 0.381 e. The van der Waals surface area contributed by atoms with Crippen molar-refractivity contribution in [2.75, 3.05) is 39.9 Å². The minimum atomic E-state index is 0.273. The van der Waals surface area contributed by atoms with Gasteiger partial charge < -0.3 is 15.0 Å². The van der Waals surface area contributed by atoms with Gasteiger partial charge >= 0.3 is 0 Å². The first-order chi connectivity index (χ1) is 10.1. The summed E-state index contributed by atoms with van der Waals surface area (Å²) in [6.07, 6.45) is 3.64. The molecule has 0 bridgehead atoms. The van der Waals surface area contributed by atoms with Crippen molar-refractivity contribution in [1.82, 2.24) is 10.2 Å². The van der Waals surface area contributed by atoms with E-state index in [-0.39, 0.29) is 5.41 Å². The molecule has 0 spiro atoms. The molecule has 0 radical (unpaired) electrons. The number of hydrogen-bond acceptors (Lipinski definition) is 4. The molecular formula is C16H27BrN2OS. The van der Waals surface area contributed by atoms with Gasteiger partial charge in [-0.1, -0.05) is 6.92 Å². The van der Waals surface area contributed by atoms with Crippen molar-refractivity contribution in [2.24, 2.45) is 5.41 Å². The summed E-state index contributed by atoms with van der Waals surface area (Å²) >= 11 is 5.30. The Labute approximate surface area is 141 Å². The Balaban J connectivity index is 1.90. The standard InChI is InChI=1S/C16H27BrN2OS/c1-3-6-18-11-16(5-4-7-20-13-16)12-19(2)9-14-8-15(17)21-10-14/h8,10,18H,3-7,9,11-13H2,1-2H3. The Bertz CT molecular complexity index is 418. The molecule has 0 amide bonds. The second kappa shape index (κ2) is 8.63. The molecule has 21 heavy (non-hydrogen) atoms. The Kier molecular flexibility index (Phi) is 7.16. The van der Waals surface area contributed by atoms with E-state index in [1.54, 1.807) is 11.3 Å². The van der Waals surface area contributed by atoms with Crippen molar-refractivity contribution < 1.29 is 4.74 Å². The number of ether oxygens (including phenoxy) is 1. The molecule has 120 valence electrons. The molecular weight excluding hydrogens is 348 g/mol. The van der Waals surface area contributed by atoms with Gasteiger partial charge in [0.05, 0.1) is 10.4 Å². The summed E-state index contributed by atoms with van der Waals surface area (Å²) in [5.74, 6) is 0. The maximum absolute atomic E-state index is 5.80. The SMILES string of the molecule is CCCNCC1(CN(C)Cc2csc(Br)c2)CCCOC1. The molecule has 3 nitrogen and oxygen atoms in total. The molecule has 2 rings (SSSR count). The van der Waals surface area contributed by atoms with Crippen molar-refractivity contribution in [1.29, 1.82) is 0 Å². The molecule has 1 aliphatic rings. The topological polar surface area (TPSA) is 24.5 Å². The Morgan fingerprint density at radius 1 is 1.52 bits per heavy atom. The smallest absolute Gasteiger partial charge is 0.0701 e. The zero-order valence-electron chi connectivity index (χ0n) is 13.2. The van der Waals surface area contributed by atoms with E-state index in [0.29, 0.717) is 0 Å². The highest BCUT2D eigenvalue weighted by molar-refractivity contribution is 9.11. The van der Waals surface area contributed by atoms with Gasteiger partial charge in [-0.3, -0.25) is 0 Å². The van der Waals surface area contributed by atoms with E-state index in [0.717, 1.165) is 39.4 Å². The zero-order valence-corrected chi connectivity index (χ0v) is 15.6. The molecule has 1 saturated heterocycles. The first kappa shape index (κ1) is 17.4. The first-order valence-corrected chi connectivity index (χ1v) is 9.51. The summed E-state index contributed by atoms with van der Waals surface area (Å²) in [4.78, 5) is 2.44. The van der Waals surface area contributed by atoms with Crippen LogP contribution in [-0.2, 0) is 11.3 Å². The molecule has 5 heteroatoms. The Hall–Kier alpha value is 0.0600. The lowest BCUT2D eigenvalue weighted by Gasteiger charge is -2.40. The predicted octanol–water partition coefficient (Wildman–Crippen LogP) is 3.74. The van der Waals surface area contributed by atoms with Crippen molar-refractivity contribution in [2.45, 2.75) is 32.7 Å². The van der Waals surface area contributed by atoms with E-state index in [4.69, 9.17) is 4.74 Å². The van der Waals surface area contributed by atoms with Crippen LogP contribution in [0.5, 0.6) is 0 Å². The van der Waals surface area contributed by atoms with Gasteiger partial charge in [-0.05, 0) is 65.8 Å². The van der Waals surface area contributed by atoms with Crippen LogP contribution in [-0.4, -0.2) is 44.8 Å². The minimum Gasteiger partial charge on any atom is -0.381 e. The molecule has 2 heterocycles. The average molecular weight is 375 g/mol. The molecule has 1 aromatic heterocycles. The third kappa shape index (κ3) is 5.64. The molecule has 1 aromatic rings. The van der Waals surface area contributed by atoms with E-state index in [1.165, 1.54) is 28.6 Å². The number of thiophene rings is 1. The van der Waals surface area contributed by atoms with E-state index >= 15 is 0 Å². The van der Waals surface area contributed by atoms with Crippen LogP contribution in [0.3, 0.4) is 0 Å². The maximum Gasteiger partial charge on any atom is 0.0701 e. The molecule has 1 fully saturated rings. The second-order valence-electron chi connectivity index (χ2n) is 6.26. The van der Waals surface area contributed by atoms with Crippen LogP contribution in [0, 0.1) is 5.41 Å². The minimum absolute atomic E-state index is 0.273. The lowest BCUT2D eigenvalue weighted by atomic mass is 9.81. The van der Waals surface area contributed by atoms with Crippen LogP contribution in [0.4, 0.5) is 0 Å². The fraction of sp³-hybridized carbons (Fsp3) is 0.750. The van der Waals surface area contributed by atoms with Crippen LogP contribution in [0.15, 0.2) is 15.2 Å². The number of nitrogens with zero attached hydrogens (tertiary/aromatic N) is 1. The van der Waals surface area contributed by atoms with Gasteiger partial charge in [0, 0.05) is 31.7 Å². The molecule has 1 unspecified atom stereocenters. The van der Waals surface area contributed by atoms with E-state index in [2.05, 4.69) is 51.6 Å². The summed E-state index contributed by atoms with van der Waals surface area (Å²) in [5.41, 5.74) is 1.66. The Morgan fingerprint density at radius 3 is 3.00 bits per heavy atom. The summed E-state index contributed by atoms with van der Waals surface area (Å²) in [6.45, 7) is 8.31. The van der Waals surface area contributed by atoms with Crippen molar-refractivity contribution in [3.63, 3.8) is 0 Å². The highest BCUT2D eigenvalue weighted by Crippen LogP contribution is 2.30. The van der Waals surface area contributed by atoms with Gasteiger partial charge in [-0.2, -0.15) is 0 Å². The number of halogens is 1. The second-order valence-corrected chi connectivity index (χ2v) is 8.55. The summed E-state index contributed by atoms with van der Waals surface area (Å²) in [7, 11) is 2.22. The van der Waals surface area contributed by atoms with Gasteiger partial charge in [-0.25, -0.2) is 0 Å². The zero-order chi connectivity index (χ0) is 15.1. The third-order valence-corrected chi connectivity index (χ3v) is 5.56. The number of hydrogen-bond donors (Lipinski definition) is 1.